The van der Waals surface area contributed by atoms with Gasteiger partial charge in [0.05, 0.1) is 10.0 Å². The van der Waals surface area contributed by atoms with Crippen molar-refractivity contribution in [3.63, 3.8) is 0 Å². The topological polar surface area (TPSA) is 126 Å². The molecule has 1 aromatic carbocycles. The second-order valence-corrected chi connectivity index (χ2v) is 6.78. The highest BCUT2D eigenvalue weighted by Gasteiger charge is 2.20. The summed E-state index contributed by atoms with van der Waals surface area (Å²) >= 11 is 6.28. The summed E-state index contributed by atoms with van der Waals surface area (Å²) in [5, 5.41) is 24.8. The minimum absolute atomic E-state index is 0.0609. The third kappa shape index (κ3) is 4.46. The van der Waals surface area contributed by atoms with Crippen LogP contribution in [-0.4, -0.2) is 32.2 Å². The lowest BCUT2D eigenvalue weighted by Gasteiger charge is -2.08. The van der Waals surface area contributed by atoms with E-state index in [1.54, 1.807) is 6.07 Å². The van der Waals surface area contributed by atoms with Crippen molar-refractivity contribution in [2.24, 2.45) is 5.16 Å². The van der Waals surface area contributed by atoms with E-state index < -0.39 is 11.7 Å². The third-order valence-electron chi connectivity index (χ3n) is 3.19. The van der Waals surface area contributed by atoms with Gasteiger partial charge in [-0.3, -0.25) is 9.78 Å². The molecule has 2 heterocycles. The van der Waals surface area contributed by atoms with Crippen LogP contribution in [0.25, 0.3) is 0 Å². The maximum atomic E-state index is 13.3. The van der Waals surface area contributed by atoms with Crippen LogP contribution in [0, 0.1) is 5.82 Å². The zero-order valence-electron chi connectivity index (χ0n) is 13.2. The fourth-order valence-corrected chi connectivity index (χ4v) is 2.73. The van der Waals surface area contributed by atoms with Crippen LogP contribution in [0.15, 0.2) is 55.4 Å². The van der Waals surface area contributed by atoms with Gasteiger partial charge >= 0.3 is 0 Å². The molecule has 12 heteroatoms. The van der Waals surface area contributed by atoms with Gasteiger partial charge in [-0.1, -0.05) is 5.16 Å². The fourth-order valence-electron chi connectivity index (χ4n) is 1.98. The fraction of sp³-hybridized carbons (Fsp3) is 0. The molecule has 0 saturated carbocycles. The van der Waals surface area contributed by atoms with Crippen molar-refractivity contribution in [1.29, 1.82) is 0 Å². The van der Waals surface area contributed by atoms with Gasteiger partial charge in [0.1, 0.15) is 5.82 Å². The van der Waals surface area contributed by atoms with E-state index in [9.17, 15) is 14.4 Å². The minimum Gasteiger partial charge on any atom is -0.409 e. The zero-order chi connectivity index (χ0) is 19.4. The number of carbonyl (C=O) groups is 1. The highest BCUT2D eigenvalue weighted by molar-refractivity contribution is 9.10. The molecule has 0 atom stereocenters. The second kappa shape index (κ2) is 8.22. The Morgan fingerprint density at radius 3 is 2.70 bits per heavy atom. The van der Waals surface area contributed by atoms with Crippen LogP contribution in [0.5, 0.6) is 0 Å². The number of aromatic nitrogens is 3. The number of hydrogen-bond donors (Lipinski definition) is 3. The van der Waals surface area contributed by atoms with E-state index in [-0.39, 0.29) is 27.4 Å². The van der Waals surface area contributed by atoms with Crippen molar-refractivity contribution >= 4 is 55.1 Å². The molecule has 27 heavy (non-hydrogen) atoms. The highest BCUT2D eigenvalue weighted by Crippen LogP contribution is 2.21. The molecule has 1 amide bonds. The molecule has 0 aliphatic rings. The summed E-state index contributed by atoms with van der Waals surface area (Å²) in [7, 11) is 0. The molecule has 3 rings (SSSR count). The zero-order valence-corrected chi connectivity index (χ0v) is 16.3. The Labute approximate surface area is 167 Å². The molecule has 0 spiro atoms. The molecule has 3 N–H and O–H groups in total. The Hall–Kier alpha value is -2.86. The molecule has 0 fully saturated rings. The minimum atomic E-state index is -0.525. The van der Waals surface area contributed by atoms with Gasteiger partial charge in [0, 0.05) is 22.6 Å². The van der Waals surface area contributed by atoms with E-state index in [2.05, 4.69) is 67.6 Å². The molecular formula is C15H9Br2FN6O3. The van der Waals surface area contributed by atoms with Crippen molar-refractivity contribution in [3.05, 3.63) is 62.7 Å². The van der Waals surface area contributed by atoms with Crippen LogP contribution in [0.2, 0.25) is 0 Å². The first kappa shape index (κ1) is 18.9. The molecule has 9 nitrogen and oxygen atoms in total. The molecule has 0 radical (unpaired) electrons. The van der Waals surface area contributed by atoms with E-state index in [4.69, 9.17) is 0 Å². The SMILES string of the molecule is O=C(Nc1nonc1/C(=N\O)Nc1ccc(F)c(Br)c1)c1cncc(Br)c1. The van der Waals surface area contributed by atoms with Crippen molar-refractivity contribution in [3.8, 4) is 0 Å². The summed E-state index contributed by atoms with van der Waals surface area (Å²) < 4.78 is 18.8. The summed E-state index contributed by atoms with van der Waals surface area (Å²) in [6, 6.07) is 5.62. The molecule has 0 unspecified atom stereocenters. The number of pyridine rings is 1. The molecule has 0 bridgehead atoms. The number of oxime groups is 1. The predicted octanol–water partition coefficient (Wildman–Crippen LogP) is 3.63. The summed E-state index contributed by atoms with van der Waals surface area (Å²) in [6.45, 7) is 0. The van der Waals surface area contributed by atoms with Gasteiger partial charge in [0.15, 0.2) is 5.69 Å². The summed E-state index contributed by atoms with van der Waals surface area (Å²) in [5.74, 6) is -1.23. The van der Waals surface area contributed by atoms with Crippen LogP contribution in [0.1, 0.15) is 16.1 Å². The first-order valence-electron chi connectivity index (χ1n) is 7.17. The Morgan fingerprint density at radius 1 is 1.19 bits per heavy atom. The molecule has 0 aliphatic heterocycles. The Kier molecular flexibility index (Phi) is 5.76. The number of rotatable bonds is 4. The Morgan fingerprint density at radius 2 is 2.00 bits per heavy atom. The Balaban J connectivity index is 1.82. The predicted molar refractivity (Wildman–Crippen MR) is 100 cm³/mol. The monoisotopic (exact) mass is 498 g/mol. The number of benzene rings is 1. The van der Waals surface area contributed by atoms with Crippen LogP contribution in [-0.2, 0) is 0 Å². The maximum Gasteiger partial charge on any atom is 0.258 e. The van der Waals surface area contributed by atoms with Gasteiger partial charge in [-0.05, 0) is 66.4 Å². The molecule has 0 saturated heterocycles. The lowest BCUT2D eigenvalue weighted by atomic mass is 10.2. The number of hydrogen-bond acceptors (Lipinski definition) is 7. The largest absolute Gasteiger partial charge is 0.409 e. The molecule has 2 aromatic heterocycles. The number of carbonyl (C=O) groups excluding carboxylic acids is 1. The second-order valence-electron chi connectivity index (χ2n) is 5.01. The van der Waals surface area contributed by atoms with Gasteiger partial charge in [0.2, 0.25) is 11.7 Å². The van der Waals surface area contributed by atoms with Gasteiger partial charge in [-0.2, -0.15) is 0 Å². The number of amides is 1. The van der Waals surface area contributed by atoms with Crippen LogP contribution in [0.4, 0.5) is 15.9 Å². The average Bonchev–Trinajstić information content (AvgIpc) is 3.10. The lowest BCUT2D eigenvalue weighted by Crippen LogP contribution is -2.19. The van der Waals surface area contributed by atoms with Crippen LogP contribution in [0.3, 0.4) is 0 Å². The third-order valence-corrected chi connectivity index (χ3v) is 4.24. The van der Waals surface area contributed by atoms with Crippen LogP contribution < -0.4 is 10.6 Å². The number of anilines is 2. The molecular weight excluding hydrogens is 491 g/mol. The van der Waals surface area contributed by atoms with E-state index in [1.807, 2.05) is 0 Å². The van der Waals surface area contributed by atoms with E-state index in [0.29, 0.717) is 10.2 Å². The Bertz CT molecular complexity index is 1030. The lowest BCUT2D eigenvalue weighted by molar-refractivity contribution is 0.102. The standard InChI is InChI=1S/C15H9Br2FN6O3/c16-8-3-7(5-19-6-8)15(25)21-14-12(23-27-24-14)13(22-26)20-9-1-2-11(18)10(17)4-9/h1-6,26H,(H,20,22)(H,21,24,25). The van der Waals surface area contributed by atoms with Crippen molar-refractivity contribution in [1.82, 2.24) is 15.3 Å². The van der Waals surface area contributed by atoms with Crippen molar-refractivity contribution < 1.29 is 19.0 Å². The smallest absolute Gasteiger partial charge is 0.258 e. The summed E-state index contributed by atoms with van der Waals surface area (Å²) in [6.07, 6.45) is 2.89. The normalized spacial score (nSPS) is 11.3. The number of nitrogens with zero attached hydrogens (tertiary/aromatic N) is 4. The average molecular weight is 500 g/mol. The number of amidine groups is 1. The van der Waals surface area contributed by atoms with Gasteiger partial charge in [-0.25, -0.2) is 9.02 Å². The van der Waals surface area contributed by atoms with Gasteiger partial charge in [0.25, 0.3) is 5.91 Å². The summed E-state index contributed by atoms with van der Waals surface area (Å²) in [5.41, 5.74) is 0.595. The molecule has 3 aromatic rings. The van der Waals surface area contributed by atoms with Gasteiger partial charge < -0.3 is 15.8 Å². The quantitative estimate of drug-likeness (QED) is 0.216. The van der Waals surface area contributed by atoms with E-state index >= 15 is 0 Å². The number of halogens is 3. The van der Waals surface area contributed by atoms with Crippen LogP contribution >= 0.6 is 31.9 Å². The molecule has 138 valence electrons. The highest BCUT2D eigenvalue weighted by atomic mass is 79.9. The van der Waals surface area contributed by atoms with Crippen molar-refractivity contribution in [2.75, 3.05) is 10.6 Å². The molecule has 0 aliphatic carbocycles. The van der Waals surface area contributed by atoms with Crippen molar-refractivity contribution in [2.45, 2.75) is 0 Å². The first-order chi connectivity index (χ1) is 13.0. The van der Waals surface area contributed by atoms with E-state index in [0.717, 1.165) is 0 Å². The van der Waals surface area contributed by atoms with E-state index in [1.165, 1.54) is 30.6 Å². The first-order valence-corrected chi connectivity index (χ1v) is 8.75. The van der Waals surface area contributed by atoms with Gasteiger partial charge in [-0.15, -0.1) is 0 Å². The number of nitrogens with one attached hydrogen (secondary N) is 2. The summed E-state index contributed by atoms with van der Waals surface area (Å²) in [4.78, 5) is 16.2. The maximum absolute atomic E-state index is 13.3.